The number of aryl methyl sites for hydroxylation is 2. The Hall–Kier alpha value is -1.36. The Balaban J connectivity index is 2.06. The Morgan fingerprint density at radius 1 is 1.44 bits per heavy atom. The molecule has 18 heavy (non-hydrogen) atoms. The second-order valence-electron chi connectivity index (χ2n) is 4.64. The van der Waals surface area contributed by atoms with E-state index < -0.39 is 0 Å². The highest BCUT2D eigenvalue weighted by molar-refractivity contribution is 7.12. The van der Waals surface area contributed by atoms with Crippen molar-refractivity contribution in [2.75, 3.05) is 6.54 Å². The van der Waals surface area contributed by atoms with E-state index in [1.165, 1.54) is 0 Å². The maximum atomic E-state index is 12.1. The molecule has 1 unspecified atom stereocenters. The van der Waals surface area contributed by atoms with E-state index in [1.54, 1.807) is 11.3 Å². The van der Waals surface area contributed by atoms with Gasteiger partial charge in [-0.2, -0.15) is 0 Å². The molecule has 1 aliphatic rings. The fourth-order valence-electron chi connectivity index (χ4n) is 2.17. The van der Waals surface area contributed by atoms with Crippen molar-refractivity contribution in [2.24, 2.45) is 0 Å². The van der Waals surface area contributed by atoms with Gasteiger partial charge in [-0.1, -0.05) is 0 Å². The molecule has 0 aliphatic carbocycles. The van der Waals surface area contributed by atoms with Gasteiger partial charge in [-0.25, -0.2) is 0 Å². The maximum absolute atomic E-state index is 12.1. The highest BCUT2D eigenvalue weighted by atomic mass is 32.1. The monoisotopic (exact) mass is 266 g/mol. The van der Waals surface area contributed by atoms with Gasteiger partial charge in [-0.15, -0.1) is 11.3 Å². The van der Waals surface area contributed by atoms with Crippen LogP contribution in [0.15, 0.2) is 6.07 Å². The molecule has 5 heteroatoms. The number of hydrogen-bond acceptors (Lipinski definition) is 3. The zero-order valence-corrected chi connectivity index (χ0v) is 11.5. The number of rotatable bonds is 2. The standard InChI is InChI=1S/C13H18N2O2S/c1-8-7-10(9(2)18-8)12(16)15-11-5-3-4-6-14-13(11)17/h7,11H,3-6H2,1-2H3,(H,14,17)(H,15,16). The van der Waals surface area contributed by atoms with Crippen LogP contribution in [0.25, 0.3) is 0 Å². The van der Waals surface area contributed by atoms with E-state index in [1.807, 2.05) is 19.9 Å². The van der Waals surface area contributed by atoms with Gasteiger partial charge < -0.3 is 10.6 Å². The zero-order valence-electron chi connectivity index (χ0n) is 10.7. The van der Waals surface area contributed by atoms with E-state index in [4.69, 9.17) is 0 Å². The van der Waals surface area contributed by atoms with Crippen LogP contribution in [0.3, 0.4) is 0 Å². The third kappa shape index (κ3) is 2.90. The van der Waals surface area contributed by atoms with E-state index in [-0.39, 0.29) is 17.9 Å². The van der Waals surface area contributed by atoms with Crippen molar-refractivity contribution in [1.29, 1.82) is 0 Å². The molecule has 2 rings (SSSR count). The smallest absolute Gasteiger partial charge is 0.253 e. The molecule has 2 N–H and O–H groups in total. The minimum atomic E-state index is -0.389. The minimum Gasteiger partial charge on any atom is -0.354 e. The molecule has 1 aliphatic heterocycles. The van der Waals surface area contributed by atoms with E-state index in [2.05, 4.69) is 10.6 Å². The van der Waals surface area contributed by atoms with Gasteiger partial charge in [-0.05, 0) is 39.2 Å². The van der Waals surface area contributed by atoms with E-state index in [0.717, 1.165) is 29.0 Å². The molecule has 0 bridgehead atoms. The largest absolute Gasteiger partial charge is 0.354 e. The molecule has 1 aromatic heterocycles. The van der Waals surface area contributed by atoms with Crippen LogP contribution < -0.4 is 10.6 Å². The lowest BCUT2D eigenvalue weighted by atomic mass is 10.1. The van der Waals surface area contributed by atoms with Gasteiger partial charge in [0.15, 0.2) is 0 Å². The second kappa shape index (κ2) is 5.52. The summed E-state index contributed by atoms with van der Waals surface area (Å²) in [6, 6.07) is 1.49. The van der Waals surface area contributed by atoms with Gasteiger partial charge in [0.2, 0.25) is 5.91 Å². The molecule has 0 radical (unpaired) electrons. The molecule has 98 valence electrons. The summed E-state index contributed by atoms with van der Waals surface area (Å²) in [5, 5.41) is 5.65. The van der Waals surface area contributed by atoms with E-state index in [0.29, 0.717) is 12.1 Å². The molecule has 1 fully saturated rings. The van der Waals surface area contributed by atoms with Crippen LogP contribution in [0.2, 0.25) is 0 Å². The molecule has 1 saturated heterocycles. The summed E-state index contributed by atoms with van der Waals surface area (Å²) in [5.74, 6) is -0.204. The van der Waals surface area contributed by atoms with Crippen LogP contribution in [0.5, 0.6) is 0 Å². The molecule has 1 aromatic rings. The number of carbonyl (C=O) groups is 2. The number of hydrogen-bond donors (Lipinski definition) is 2. The lowest BCUT2D eigenvalue weighted by Crippen LogP contribution is -2.45. The van der Waals surface area contributed by atoms with Crippen molar-refractivity contribution < 1.29 is 9.59 Å². The van der Waals surface area contributed by atoms with Crippen molar-refractivity contribution in [2.45, 2.75) is 39.2 Å². The van der Waals surface area contributed by atoms with Crippen LogP contribution in [0.4, 0.5) is 0 Å². The summed E-state index contributed by atoms with van der Waals surface area (Å²) < 4.78 is 0. The lowest BCUT2D eigenvalue weighted by Gasteiger charge is -2.14. The van der Waals surface area contributed by atoms with Gasteiger partial charge in [0.1, 0.15) is 6.04 Å². The molecular weight excluding hydrogens is 248 g/mol. The molecule has 0 saturated carbocycles. The number of carbonyl (C=O) groups excluding carboxylic acids is 2. The zero-order chi connectivity index (χ0) is 13.1. The Kier molecular flexibility index (Phi) is 4.01. The molecule has 0 aromatic carbocycles. The van der Waals surface area contributed by atoms with Crippen molar-refractivity contribution in [3.63, 3.8) is 0 Å². The van der Waals surface area contributed by atoms with Crippen molar-refractivity contribution in [1.82, 2.24) is 10.6 Å². The Morgan fingerprint density at radius 3 is 2.89 bits per heavy atom. The van der Waals surface area contributed by atoms with Crippen molar-refractivity contribution >= 4 is 23.2 Å². The van der Waals surface area contributed by atoms with Crippen LogP contribution in [0, 0.1) is 13.8 Å². The first-order valence-corrected chi connectivity index (χ1v) is 7.05. The summed E-state index contributed by atoms with van der Waals surface area (Å²) in [4.78, 5) is 26.0. The highest BCUT2D eigenvalue weighted by Crippen LogP contribution is 2.20. The number of thiophene rings is 1. The van der Waals surface area contributed by atoms with Crippen LogP contribution >= 0.6 is 11.3 Å². The fraction of sp³-hybridized carbons (Fsp3) is 0.538. The minimum absolute atomic E-state index is 0.0644. The second-order valence-corrected chi connectivity index (χ2v) is 6.10. The van der Waals surface area contributed by atoms with Gasteiger partial charge in [0, 0.05) is 16.3 Å². The average molecular weight is 266 g/mol. The summed E-state index contributed by atoms with van der Waals surface area (Å²) in [5.41, 5.74) is 0.689. The summed E-state index contributed by atoms with van der Waals surface area (Å²) in [6.07, 6.45) is 2.67. The molecule has 2 heterocycles. The maximum Gasteiger partial charge on any atom is 0.253 e. The lowest BCUT2D eigenvalue weighted by molar-refractivity contribution is -0.122. The molecule has 2 amide bonds. The first-order chi connectivity index (χ1) is 8.58. The predicted octanol–water partition coefficient (Wildman–Crippen LogP) is 1.76. The predicted molar refractivity (Wildman–Crippen MR) is 71.9 cm³/mol. The summed E-state index contributed by atoms with van der Waals surface area (Å²) in [7, 11) is 0. The molecule has 1 atom stereocenters. The topological polar surface area (TPSA) is 58.2 Å². The summed E-state index contributed by atoms with van der Waals surface area (Å²) in [6.45, 7) is 4.62. The average Bonchev–Trinajstić information content (AvgIpc) is 2.52. The summed E-state index contributed by atoms with van der Waals surface area (Å²) >= 11 is 1.60. The fourth-order valence-corrected chi connectivity index (χ4v) is 3.09. The SMILES string of the molecule is Cc1cc(C(=O)NC2CCCCNC2=O)c(C)s1. The number of nitrogens with one attached hydrogen (secondary N) is 2. The molecule has 0 spiro atoms. The third-order valence-electron chi connectivity index (χ3n) is 3.13. The normalized spacial score (nSPS) is 20.1. The van der Waals surface area contributed by atoms with Gasteiger partial charge in [0.05, 0.1) is 5.56 Å². The Morgan fingerprint density at radius 2 is 2.22 bits per heavy atom. The quantitative estimate of drug-likeness (QED) is 0.857. The first-order valence-electron chi connectivity index (χ1n) is 6.23. The van der Waals surface area contributed by atoms with Crippen LogP contribution in [-0.2, 0) is 4.79 Å². The van der Waals surface area contributed by atoms with Gasteiger partial charge in [-0.3, -0.25) is 9.59 Å². The van der Waals surface area contributed by atoms with Crippen LogP contribution in [-0.4, -0.2) is 24.4 Å². The highest BCUT2D eigenvalue weighted by Gasteiger charge is 2.23. The van der Waals surface area contributed by atoms with Crippen molar-refractivity contribution in [3.05, 3.63) is 21.4 Å². The Bertz CT molecular complexity index is 468. The molecular formula is C13H18N2O2S. The Labute approximate surface area is 111 Å². The van der Waals surface area contributed by atoms with Crippen molar-refractivity contribution in [3.8, 4) is 0 Å². The van der Waals surface area contributed by atoms with E-state index >= 15 is 0 Å². The van der Waals surface area contributed by atoms with Gasteiger partial charge >= 0.3 is 0 Å². The molecule has 4 nitrogen and oxygen atoms in total. The van der Waals surface area contributed by atoms with Gasteiger partial charge in [0.25, 0.3) is 5.91 Å². The number of amides is 2. The van der Waals surface area contributed by atoms with Crippen LogP contribution in [0.1, 0.15) is 39.4 Å². The third-order valence-corrected chi connectivity index (χ3v) is 4.09. The first kappa shape index (κ1) is 13.1. The van der Waals surface area contributed by atoms with E-state index in [9.17, 15) is 9.59 Å².